The van der Waals surface area contributed by atoms with Gasteiger partial charge in [-0.05, 0) is 74.2 Å². The zero-order valence-electron chi connectivity index (χ0n) is 20.6. The van der Waals surface area contributed by atoms with Gasteiger partial charge in [0.05, 0.1) is 13.2 Å². The van der Waals surface area contributed by atoms with Crippen LogP contribution in [0.4, 0.5) is 4.79 Å². The van der Waals surface area contributed by atoms with Crippen LogP contribution in [0.3, 0.4) is 0 Å². The molecule has 184 valence electrons. The van der Waals surface area contributed by atoms with Crippen molar-refractivity contribution in [1.29, 1.82) is 0 Å². The number of carbonyl (C=O) groups excluding carboxylic acids is 1. The Kier molecular flexibility index (Phi) is 8.02. The Morgan fingerprint density at radius 2 is 1.66 bits per heavy atom. The molecule has 35 heavy (non-hydrogen) atoms. The maximum absolute atomic E-state index is 12.6. The number of aromatic carboxylic acids is 1. The number of alkyl carbamates (subject to hydrolysis) is 1. The SMILES string of the molecule is COc1cc(COc2cccc(C(NC(=O)OC(C)(C)C)c3ccccc3)c2)c(C)cc1C(=O)O. The first-order chi connectivity index (χ1) is 16.6. The summed E-state index contributed by atoms with van der Waals surface area (Å²) >= 11 is 0. The zero-order chi connectivity index (χ0) is 25.6. The molecule has 0 radical (unpaired) electrons. The van der Waals surface area contributed by atoms with Crippen LogP contribution in [0.15, 0.2) is 66.7 Å². The standard InChI is InChI=1S/C28H31NO6/c1-18-14-23(26(30)31)24(33-5)16-21(18)17-34-22-13-9-12-20(15-22)25(19-10-7-6-8-11-19)29-27(32)35-28(2,3)4/h6-16,25H,17H2,1-5H3,(H,29,32)(H,30,31). The van der Waals surface area contributed by atoms with Crippen molar-refractivity contribution in [2.24, 2.45) is 0 Å². The fraction of sp³-hybridized carbons (Fsp3) is 0.286. The van der Waals surface area contributed by atoms with E-state index in [1.165, 1.54) is 7.11 Å². The van der Waals surface area contributed by atoms with E-state index in [9.17, 15) is 14.7 Å². The molecule has 7 heteroatoms. The lowest BCUT2D eigenvalue weighted by Gasteiger charge is -2.24. The highest BCUT2D eigenvalue weighted by Gasteiger charge is 2.22. The number of carboxylic acid groups (broad SMARTS) is 1. The van der Waals surface area contributed by atoms with Crippen LogP contribution in [0.5, 0.6) is 11.5 Å². The maximum Gasteiger partial charge on any atom is 0.408 e. The second-order valence-electron chi connectivity index (χ2n) is 9.14. The van der Waals surface area contributed by atoms with Crippen molar-refractivity contribution < 1.29 is 28.9 Å². The van der Waals surface area contributed by atoms with Crippen molar-refractivity contribution >= 4 is 12.1 Å². The van der Waals surface area contributed by atoms with Gasteiger partial charge in [-0.25, -0.2) is 9.59 Å². The number of amides is 1. The minimum absolute atomic E-state index is 0.106. The van der Waals surface area contributed by atoms with Crippen molar-refractivity contribution in [3.05, 3.63) is 94.5 Å². The predicted molar refractivity (Wildman–Crippen MR) is 133 cm³/mol. The minimum Gasteiger partial charge on any atom is -0.496 e. The largest absolute Gasteiger partial charge is 0.496 e. The van der Waals surface area contributed by atoms with Gasteiger partial charge in [0.15, 0.2) is 0 Å². The minimum atomic E-state index is -1.05. The fourth-order valence-corrected chi connectivity index (χ4v) is 3.60. The van der Waals surface area contributed by atoms with E-state index in [0.29, 0.717) is 5.75 Å². The molecule has 0 aromatic heterocycles. The van der Waals surface area contributed by atoms with E-state index in [-0.39, 0.29) is 17.9 Å². The smallest absolute Gasteiger partial charge is 0.408 e. The predicted octanol–water partition coefficient (Wildman–Crippen LogP) is 5.89. The van der Waals surface area contributed by atoms with Gasteiger partial charge in [-0.2, -0.15) is 0 Å². The highest BCUT2D eigenvalue weighted by atomic mass is 16.6. The second-order valence-corrected chi connectivity index (χ2v) is 9.14. The summed E-state index contributed by atoms with van der Waals surface area (Å²) in [6.45, 7) is 7.51. The van der Waals surface area contributed by atoms with Gasteiger partial charge >= 0.3 is 12.1 Å². The van der Waals surface area contributed by atoms with Crippen LogP contribution in [0.25, 0.3) is 0 Å². The molecule has 0 heterocycles. The Bertz CT molecular complexity index is 1180. The second kappa shape index (κ2) is 11.0. The third kappa shape index (κ3) is 6.99. The van der Waals surface area contributed by atoms with E-state index in [1.807, 2.05) is 82.3 Å². The highest BCUT2D eigenvalue weighted by molar-refractivity contribution is 5.91. The molecule has 3 aromatic rings. The number of methoxy groups -OCH3 is 1. The van der Waals surface area contributed by atoms with E-state index < -0.39 is 23.7 Å². The Balaban J connectivity index is 1.84. The van der Waals surface area contributed by atoms with Gasteiger partial charge in [0.2, 0.25) is 0 Å². The lowest BCUT2D eigenvalue weighted by Crippen LogP contribution is -2.35. The molecule has 0 bridgehead atoms. The monoisotopic (exact) mass is 477 g/mol. The molecule has 3 rings (SSSR count). The number of hydrogen-bond acceptors (Lipinski definition) is 5. The van der Waals surface area contributed by atoms with Crippen molar-refractivity contribution in [1.82, 2.24) is 5.32 Å². The normalized spacial score (nSPS) is 11.9. The molecule has 1 amide bonds. The third-order valence-corrected chi connectivity index (χ3v) is 5.27. The first-order valence-corrected chi connectivity index (χ1v) is 11.3. The Labute approximate surface area is 205 Å². The van der Waals surface area contributed by atoms with E-state index in [4.69, 9.17) is 14.2 Å². The van der Waals surface area contributed by atoms with E-state index in [2.05, 4.69) is 5.32 Å². The number of nitrogens with one attached hydrogen (secondary N) is 1. The van der Waals surface area contributed by atoms with Crippen molar-refractivity contribution in [3.63, 3.8) is 0 Å². The number of carboxylic acids is 1. The summed E-state index contributed by atoms with van der Waals surface area (Å²) in [5.74, 6) is -0.161. The molecular weight excluding hydrogens is 446 g/mol. The van der Waals surface area contributed by atoms with Crippen molar-refractivity contribution in [2.45, 2.75) is 45.9 Å². The molecule has 7 nitrogen and oxygen atoms in total. The number of aryl methyl sites for hydroxylation is 1. The molecule has 1 unspecified atom stereocenters. The molecule has 0 aliphatic heterocycles. The van der Waals surface area contributed by atoms with Gasteiger partial charge in [-0.1, -0.05) is 42.5 Å². The Morgan fingerprint density at radius 1 is 0.971 bits per heavy atom. The van der Waals surface area contributed by atoms with Crippen LogP contribution in [-0.4, -0.2) is 29.9 Å². The third-order valence-electron chi connectivity index (χ3n) is 5.27. The molecule has 0 aliphatic rings. The van der Waals surface area contributed by atoms with Crippen molar-refractivity contribution in [3.8, 4) is 11.5 Å². The molecule has 1 atom stereocenters. The summed E-state index contributed by atoms with van der Waals surface area (Å²) in [7, 11) is 1.44. The highest BCUT2D eigenvalue weighted by Crippen LogP contribution is 2.28. The molecule has 0 saturated carbocycles. The average Bonchev–Trinajstić information content (AvgIpc) is 2.81. The summed E-state index contributed by atoms with van der Waals surface area (Å²) in [5.41, 5.74) is 2.81. The number of hydrogen-bond donors (Lipinski definition) is 2. The van der Waals surface area contributed by atoms with E-state index in [1.54, 1.807) is 12.1 Å². The summed E-state index contributed by atoms with van der Waals surface area (Å²) in [4.78, 5) is 24.0. The zero-order valence-corrected chi connectivity index (χ0v) is 20.6. The maximum atomic E-state index is 12.6. The van der Waals surface area contributed by atoms with Crippen LogP contribution in [0.1, 0.15) is 59.4 Å². The molecule has 0 fully saturated rings. The van der Waals surface area contributed by atoms with Crippen LogP contribution >= 0.6 is 0 Å². The topological polar surface area (TPSA) is 94.1 Å². The molecule has 0 aliphatic carbocycles. The molecular formula is C28H31NO6. The van der Waals surface area contributed by atoms with Gasteiger partial charge in [0.25, 0.3) is 0 Å². The van der Waals surface area contributed by atoms with Gasteiger partial charge in [0, 0.05) is 0 Å². The Hall–Kier alpha value is -4.00. The van der Waals surface area contributed by atoms with Gasteiger partial charge < -0.3 is 24.6 Å². The first-order valence-electron chi connectivity index (χ1n) is 11.3. The van der Waals surface area contributed by atoms with E-state index in [0.717, 1.165) is 22.3 Å². The number of benzene rings is 3. The lowest BCUT2D eigenvalue weighted by molar-refractivity contribution is 0.0511. The molecule has 3 aromatic carbocycles. The van der Waals surface area contributed by atoms with Crippen LogP contribution in [0.2, 0.25) is 0 Å². The van der Waals surface area contributed by atoms with Gasteiger partial charge in [-0.3, -0.25) is 0 Å². The average molecular weight is 478 g/mol. The van der Waals surface area contributed by atoms with Gasteiger partial charge in [0.1, 0.15) is 29.3 Å². The van der Waals surface area contributed by atoms with Crippen LogP contribution < -0.4 is 14.8 Å². The summed E-state index contributed by atoms with van der Waals surface area (Å²) < 4.78 is 16.7. The number of carbonyl (C=O) groups is 2. The lowest BCUT2D eigenvalue weighted by atomic mass is 9.98. The molecule has 0 spiro atoms. The van der Waals surface area contributed by atoms with Gasteiger partial charge in [-0.15, -0.1) is 0 Å². The molecule has 0 saturated heterocycles. The summed E-state index contributed by atoms with van der Waals surface area (Å²) in [5, 5.41) is 12.3. The van der Waals surface area contributed by atoms with Crippen molar-refractivity contribution in [2.75, 3.05) is 7.11 Å². The quantitative estimate of drug-likeness (QED) is 0.420. The Morgan fingerprint density at radius 3 is 2.29 bits per heavy atom. The van der Waals surface area contributed by atoms with Crippen LogP contribution in [0, 0.1) is 6.92 Å². The summed E-state index contributed by atoms with van der Waals surface area (Å²) in [6, 6.07) is 19.9. The molecule has 2 N–H and O–H groups in total. The number of rotatable bonds is 8. The van der Waals surface area contributed by atoms with E-state index >= 15 is 0 Å². The summed E-state index contributed by atoms with van der Waals surface area (Å²) in [6.07, 6.45) is -0.515. The number of ether oxygens (including phenoxy) is 3. The fourth-order valence-electron chi connectivity index (χ4n) is 3.60. The first kappa shape index (κ1) is 25.6. The van der Waals surface area contributed by atoms with Crippen LogP contribution in [-0.2, 0) is 11.3 Å².